The highest BCUT2D eigenvalue weighted by Gasteiger charge is 2.34. The molecule has 1 unspecified atom stereocenters. The number of ether oxygens (including phenoxy) is 2. The van der Waals surface area contributed by atoms with Gasteiger partial charge in [-0.1, -0.05) is 37.6 Å². The molecule has 1 atom stereocenters. The summed E-state index contributed by atoms with van der Waals surface area (Å²) in [5.41, 5.74) is 0.706. The van der Waals surface area contributed by atoms with E-state index in [1.54, 1.807) is 45.5 Å². The Morgan fingerprint density at radius 3 is 2.45 bits per heavy atom. The number of benzene rings is 2. The molecule has 2 rings (SSSR count). The standard InChI is InChI=1S/C24H32F2N2O3/c1-5-6-14-31-21-9-7-8-19(16-21)24(25,26)17-27-22(23(29)28(2)3)15-18-10-12-20(30-4)13-11-18/h7-13,16,22,27H,5-6,14-15,17H2,1-4H3. The molecule has 7 heteroatoms. The molecule has 0 aliphatic carbocycles. The van der Waals surface area contributed by atoms with E-state index in [0.717, 1.165) is 18.4 Å². The topological polar surface area (TPSA) is 50.8 Å². The van der Waals surface area contributed by atoms with Crippen LogP contribution in [0.3, 0.4) is 0 Å². The molecule has 2 aromatic carbocycles. The fraction of sp³-hybridized carbons (Fsp3) is 0.458. The van der Waals surface area contributed by atoms with E-state index in [0.29, 0.717) is 18.1 Å². The van der Waals surface area contributed by atoms with Gasteiger partial charge in [-0.2, -0.15) is 8.78 Å². The number of carbonyl (C=O) groups excluding carboxylic acids is 1. The number of unbranched alkanes of at least 4 members (excludes halogenated alkanes) is 1. The Hall–Kier alpha value is -2.67. The van der Waals surface area contributed by atoms with Gasteiger partial charge in [0.2, 0.25) is 5.91 Å². The summed E-state index contributed by atoms with van der Waals surface area (Å²) in [6, 6.07) is 12.4. The van der Waals surface area contributed by atoms with E-state index < -0.39 is 18.5 Å². The lowest BCUT2D eigenvalue weighted by Crippen LogP contribution is -2.48. The maximum atomic E-state index is 14.9. The third kappa shape index (κ3) is 7.51. The van der Waals surface area contributed by atoms with Gasteiger partial charge in [-0.25, -0.2) is 0 Å². The molecule has 1 amide bonds. The van der Waals surface area contributed by atoms with Crippen molar-refractivity contribution in [3.05, 3.63) is 59.7 Å². The summed E-state index contributed by atoms with van der Waals surface area (Å²) in [6.45, 7) is 1.87. The van der Waals surface area contributed by atoms with Crippen LogP contribution in [0.4, 0.5) is 8.78 Å². The molecule has 0 aliphatic heterocycles. The zero-order valence-corrected chi connectivity index (χ0v) is 18.7. The minimum atomic E-state index is -3.16. The van der Waals surface area contributed by atoms with Crippen molar-refractivity contribution in [2.45, 2.75) is 38.2 Å². The fourth-order valence-electron chi connectivity index (χ4n) is 3.06. The first kappa shape index (κ1) is 24.6. The highest BCUT2D eigenvalue weighted by atomic mass is 19.3. The van der Waals surface area contributed by atoms with Gasteiger partial charge in [0.15, 0.2) is 0 Å². The maximum Gasteiger partial charge on any atom is 0.285 e. The summed E-state index contributed by atoms with van der Waals surface area (Å²) in [4.78, 5) is 14.0. The second-order valence-electron chi connectivity index (χ2n) is 7.65. The molecule has 2 aromatic rings. The van der Waals surface area contributed by atoms with Gasteiger partial charge < -0.3 is 14.4 Å². The van der Waals surface area contributed by atoms with E-state index in [1.807, 2.05) is 19.1 Å². The molecule has 1 N–H and O–H groups in total. The lowest BCUT2D eigenvalue weighted by atomic mass is 10.0. The Morgan fingerprint density at radius 2 is 1.84 bits per heavy atom. The SMILES string of the molecule is CCCCOc1cccc(C(F)(F)CNC(Cc2ccc(OC)cc2)C(=O)N(C)C)c1. The lowest BCUT2D eigenvalue weighted by Gasteiger charge is -2.25. The first-order valence-electron chi connectivity index (χ1n) is 10.5. The molecule has 5 nitrogen and oxygen atoms in total. The zero-order valence-electron chi connectivity index (χ0n) is 18.7. The number of hydrogen-bond donors (Lipinski definition) is 1. The molecule has 0 radical (unpaired) electrons. The normalized spacial score (nSPS) is 12.3. The van der Waals surface area contributed by atoms with Crippen molar-refractivity contribution in [2.24, 2.45) is 0 Å². The second kappa shape index (κ2) is 11.6. The van der Waals surface area contributed by atoms with Crippen LogP contribution in [-0.4, -0.2) is 51.2 Å². The van der Waals surface area contributed by atoms with Crippen molar-refractivity contribution in [2.75, 3.05) is 34.4 Å². The molecule has 31 heavy (non-hydrogen) atoms. The molecule has 0 fully saturated rings. The molecule has 0 saturated heterocycles. The third-order valence-corrected chi connectivity index (χ3v) is 4.93. The summed E-state index contributed by atoms with van der Waals surface area (Å²) < 4.78 is 40.5. The molecular formula is C24H32F2N2O3. The highest BCUT2D eigenvalue weighted by Crippen LogP contribution is 2.30. The van der Waals surface area contributed by atoms with Gasteiger partial charge in [0.05, 0.1) is 26.3 Å². The van der Waals surface area contributed by atoms with Crippen molar-refractivity contribution < 1.29 is 23.0 Å². The largest absolute Gasteiger partial charge is 0.497 e. The quantitative estimate of drug-likeness (QED) is 0.508. The number of rotatable bonds is 12. The van der Waals surface area contributed by atoms with Crippen molar-refractivity contribution in [1.29, 1.82) is 0 Å². The number of nitrogens with one attached hydrogen (secondary N) is 1. The molecule has 0 aromatic heterocycles. The Kier molecular flexibility index (Phi) is 9.24. The first-order chi connectivity index (χ1) is 14.8. The summed E-state index contributed by atoms with van der Waals surface area (Å²) in [5, 5.41) is 2.78. The van der Waals surface area contributed by atoms with Crippen molar-refractivity contribution in [3.8, 4) is 11.5 Å². The smallest absolute Gasteiger partial charge is 0.285 e. The van der Waals surface area contributed by atoms with Crippen LogP contribution in [0.1, 0.15) is 30.9 Å². The van der Waals surface area contributed by atoms with E-state index >= 15 is 0 Å². The van der Waals surface area contributed by atoms with E-state index in [4.69, 9.17) is 9.47 Å². The molecule has 0 aliphatic rings. The Labute approximate surface area is 183 Å². The van der Waals surface area contributed by atoms with Crippen molar-refractivity contribution in [1.82, 2.24) is 10.2 Å². The number of carbonyl (C=O) groups is 1. The van der Waals surface area contributed by atoms with Gasteiger partial charge >= 0.3 is 0 Å². The van der Waals surface area contributed by atoms with Crippen molar-refractivity contribution >= 4 is 5.91 Å². The van der Waals surface area contributed by atoms with E-state index in [1.165, 1.54) is 17.0 Å². The third-order valence-electron chi connectivity index (χ3n) is 4.93. The summed E-state index contributed by atoms with van der Waals surface area (Å²) >= 11 is 0. The van der Waals surface area contributed by atoms with Crippen LogP contribution >= 0.6 is 0 Å². The molecular weight excluding hydrogens is 402 g/mol. The van der Waals surface area contributed by atoms with Crippen LogP contribution in [0.15, 0.2) is 48.5 Å². The van der Waals surface area contributed by atoms with Gasteiger partial charge in [0.25, 0.3) is 5.92 Å². The fourth-order valence-corrected chi connectivity index (χ4v) is 3.06. The molecule has 170 valence electrons. The van der Waals surface area contributed by atoms with Gasteiger partial charge in [-0.3, -0.25) is 10.1 Å². The minimum absolute atomic E-state index is 0.144. The maximum absolute atomic E-state index is 14.9. The number of alkyl halides is 2. The summed E-state index contributed by atoms with van der Waals surface area (Å²) in [7, 11) is 4.79. The number of methoxy groups -OCH3 is 1. The number of halogens is 2. The second-order valence-corrected chi connectivity index (χ2v) is 7.65. The average molecular weight is 435 g/mol. The number of likely N-dealkylation sites (N-methyl/N-ethyl adjacent to an activating group) is 1. The molecule has 0 saturated carbocycles. The van der Waals surface area contributed by atoms with Crippen LogP contribution in [0.5, 0.6) is 11.5 Å². The highest BCUT2D eigenvalue weighted by molar-refractivity contribution is 5.81. The average Bonchev–Trinajstić information content (AvgIpc) is 2.77. The monoisotopic (exact) mass is 434 g/mol. The number of amides is 1. The predicted octanol–water partition coefficient (Wildman–Crippen LogP) is 4.26. The molecule has 0 spiro atoms. The van der Waals surface area contributed by atoms with Crippen molar-refractivity contribution in [3.63, 3.8) is 0 Å². The van der Waals surface area contributed by atoms with E-state index in [-0.39, 0.29) is 17.9 Å². The van der Waals surface area contributed by atoms with Gasteiger partial charge in [-0.05, 0) is 42.7 Å². The van der Waals surface area contributed by atoms with Crippen LogP contribution in [-0.2, 0) is 17.1 Å². The summed E-state index contributed by atoms with van der Waals surface area (Å²) in [6.07, 6.45) is 2.12. The lowest BCUT2D eigenvalue weighted by molar-refractivity contribution is -0.131. The van der Waals surface area contributed by atoms with Gasteiger partial charge in [-0.15, -0.1) is 0 Å². The van der Waals surface area contributed by atoms with E-state index in [2.05, 4.69) is 5.32 Å². The van der Waals surface area contributed by atoms with E-state index in [9.17, 15) is 13.6 Å². The molecule has 0 heterocycles. The summed E-state index contributed by atoms with van der Waals surface area (Å²) in [5.74, 6) is -2.30. The van der Waals surface area contributed by atoms with Crippen LogP contribution in [0.25, 0.3) is 0 Å². The van der Waals surface area contributed by atoms with Gasteiger partial charge in [0, 0.05) is 19.7 Å². The molecule has 0 bridgehead atoms. The predicted molar refractivity (Wildman–Crippen MR) is 118 cm³/mol. The van der Waals surface area contributed by atoms with Crippen LogP contribution < -0.4 is 14.8 Å². The van der Waals surface area contributed by atoms with Crippen LogP contribution in [0.2, 0.25) is 0 Å². The Morgan fingerprint density at radius 1 is 1.13 bits per heavy atom. The van der Waals surface area contributed by atoms with Crippen LogP contribution in [0, 0.1) is 0 Å². The zero-order chi connectivity index (χ0) is 22.9. The Balaban J connectivity index is 2.09. The van der Waals surface area contributed by atoms with Gasteiger partial charge in [0.1, 0.15) is 11.5 Å². The minimum Gasteiger partial charge on any atom is -0.497 e. The first-order valence-corrected chi connectivity index (χ1v) is 10.5. The number of nitrogens with zero attached hydrogens (tertiary/aromatic N) is 1. The number of hydrogen-bond acceptors (Lipinski definition) is 4. The Bertz CT molecular complexity index is 826.